The highest BCUT2D eigenvalue weighted by Crippen LogP contribution is 2.17. The summed E-state index contributed by atoms with van der Waals surface area (Å²) in [7, 11) is 0. The van der Waals surface area contributed by atoms with Crippen LogP contribution in [0.4, 0.5) is 10.5 Å². The number of benzene rings is 2. The number of amides is 2. The van der Waals surface area contributed by atoms with Crippen molar-refractivity contribution in [1.82, 2.24) is 10.3 Å². The fourth-order valence-corrected chi connectivity index (χ4v) is 2.39. The maximum absolute atomic E-state index is 11.8. The molecule has 2 N–H and O–H groups in total. The Bertz CT molecular complexity index is 827. The third kappa shape index (κ3) is 4.02. The highest BCUT2D eigenvalue weighted by atomic mass is 35.5. The fourth-order valence-electron chi connectivity index (χ4n) is 2.27. The number of oxazole rings is 1. The number of anilines is 1. The van der Waals surface area contributed by atoms with E-state index in [-0.39, 0.29) is 6.03 Å². The predicted octanol–water partition coefficient (Wildman–Crippen LogP) is 4.15. The first-order valence-corrected chi connectivity index (χ1v) is 7.64. The van der Waals surface area contributed by atoms with Crippen LogP contribution in [0.15, 0.2) is 46.9 Å². The molecule has 0 aliphatic heterocycles. The number of fused-ring (bicyclic) bond motifs is 1. The molecule has 0 radical (unpaired) electrons. The normalized spacial score (nSPS) is 10.7. The Morgan fingerprint density at radius 1 is 1.22 bits per heavy atom. The maximum Gasteiger partial charge on any atom is 0.319 e. The van der Waals surface area contributed by atoms with Crippen LogP contribution in [0.1, 0.15) is 11.5 Å². The number of carbonyl (C=O) groups is 1. The molecule has 0 bridgehead atoms. The number of nitrogens with zero attached hydrogens (tertiary/aromatic N) is 1. The van der Waals surface area contributed by atoms with Crippen molar-refractivity contribution in [2.75, 3.05) is 11.9 Å². The summed E-state index contributed by atoms with van der Waals surface area (Å²) < 4.78 is 5.50. The third-order valence-corrected chi connectivity index (χ3v) is 3.61. The molecule has 0 atom stereocenters. The molecule has 0 saturated heterocycles. The van der Waals surface area contributed by atoms with Gasteiger partial charge in [0, 0.05) is 24.2 Å². The molecule has 0 saturated carbocycles. The summed E-state index contributed by atoms with van der Waals surface area (Å²) in [5, 5.41) is 6.20. The summed E-state index contributed by atoms with van der Waals surface area (Å²) in [6.07, 6.45) is 0.712. The molecule has 3 rings (SSSR count). The zero-order valence-electron chi connectivity index (χ0n) is 12.6. The Hall–Kier alpha value is -2.53. The minimum atomic E-state index is -0.246. The van der Waals surface area contributed by atoms with Gasteiger partial charge in [0.05, 0.1) is 0 Å². The van der Waals surface area contributed by atoms with Gasteiger partial charge in [-0.1, -0.05) is 17.7 Å². The van der Waals surface area contributed by atoms with Crippen molar-refractivity contribution in [3.8, 4) is 0 Å². The van der Waals surface area contributed by atoms with Gasteiger partial charge in [-0.05, 0) is 48.4 Å². The number of aryl methyl sites for hydroxylation is 1. The van der Waals surface area contributed by atoms with E-state index in [0.29, 0.717) is 29.6 Å². The first-order valence-electron chi connectivity index (χ1n) is 7.27. The summed E-state index contributed by atoms with van der Waals surface area (Å²) in [4.78, 5) is 16.1. The van der Waals surface area contributed by atoms with E-state index >= 15 is 0 Å². The molecule has 2 amide bonds. The van der Waals surface area contributed by atoms with E-state index in [1.54, 1.807) is 24.3 Å². The smallest absolute Gasteiger partial charge is 0.319 e. The fraction of sp³-hybridized carbons (Fsp3) is 0.176. The van der Waals surface area contributed by atoms with E-state index in [1.807, 2.05) is 25.1 Å². The molecular formula is C17H16ClN3O2. The van der Waals surface area contributed by atoms with Gasteiger partial charge < -0.3 is 15.1 Å². The van der Waals surface area contributed by atoms with Crippen molar-refractivity contribution in [2.45, 2.75) is 13.3 Å². The lowest BCUT2D eigenvalue weighted by Crippen LogP contribution is -2.30. The monoisotopic (exact) mass is 329 g/mol. The molecule has 0 fully saturated rings. The lowest BCUT2D eigenvalue weighted by molar-refractivity contribution is 0.252. The first-order chi connectivity index (χ1) is 11.1. The summed E-state index contributed by atoms with van der Waals surface area (Å²) in [6, 6.07) is 12.6. The Kier molecular flexibility index (Phi) is 4.48. The van der Waals surface area contributed by atoms with Gasteiger partial charge >= 0.3 is 6.03 Å². The Balaban J connectivity index is 1.51. The van der Waals surface area contributed by atoms with E-state index in [1.165, 1.54) is 0 Å². The van der Waals surface area contributed by atoms with Gasteiger partial charge in [0.25, 0.3) is 0 Å². The number of aromatic nitrogens is 1. The van der Waals surface area contributed by atoms with Crippen LogP contribution in [0.3, 0.4) is 0 Å². The van der Waals surface area contributed by atoms with E-state index in [2.05, 4.69) is 15.6 Å². The summed E-state index contributed by atoms with van der Waals surface area (Å²) in [5.41, 5.74) is 3.40. The zero-order chi connectivity index (χ0) is 16.2. The largest absolute Gasteiger partial charge is 0.441 e. The minimum Gasteiger partial charge on any atom is -0.441 e. The number of urea groups is 1. The van der Waals surface area contributed by atoms with Gasteiger partial charge in [0.1, 0.15) is 5.52 Å². The molecule has 0 unspecified atom stereocenters. The zero-order valence-corrected chi connectivity index (χ0v) is 13.4. The first kappa shape index (κ1) is 15.4. The molecule has 3 aromatic rings. The van der Waals surface area contributed by atoms with Crippen LogP contribution in [-0.2, 0) is 6.42 Å². The van der Waals surface area contributed by atoms with Gasteiger partial charge in [-0.15, -0.1) is 0 Å². The van der Waals surface area contributed by atoms with Gasteiger partial charge in [-0.2, -0.15) is 0 Å². The number of hydrogen-bond donors (Lipinski definition) is 2. The van der Waals surface area contributed by atoms with E-state index in [0.717, 1.165) is 16.7 Å². The summed E-state index contributed by atoms with van der Waals surface area (Å²) in [5.74, 6) is 0.651. The van der Waals surface area contributed by atoms with Gasteiger partial charge in [-0.25, -0.2) is 9.78 Å². The second kappa shape index (κ2) is 6.71. The molecule has 2 aromatic carbocycles. The molecule has 1 aromatic heterocycles. The third-order valence-electron chi connectivity index (χ3n) is 3.36. The average molecular weight is 330 g/mol. The molecule has 1 heterocycles. The van der Waals surface area contributed by atoms with E-state index in [4.69, 9.17) is 16.0 Å². The molecule has 0 aliphatic rings. The molecule has 5 nitrogen and oxygen atoms in total. The topological polar surface area (TPSA) is 67.2 Å². The standard InChI is InChI=1S/C17H16ClN3O2/c1-11-20-15-7-2-12(10-16(15)23-11)8-9-19-17(22)21-14-5-3-13(18)4-6-14/h2-7,10H,8-9H2,1H3,(H2,19,21,22). The minimum absolute atomic E-state index is 0.246. The highest BCUT2D eigenvalue weighted by Gasteiger charge is 2.05. The van der Waals surface area contributed by atoms with Crippen LogP contribution >= 0.6 is 11.6 Å². The van der Waals surface area contributed by atoms with Crippen LogP contribution < -0.4 is 10.6 Å². The second-order valence-corrected chi connectivity index (χ2v) is 5.61. The summed E-state index contributed by atoms with van der Waals surface area (Å²) >= 11 is 5.80. The van der Waals surface area contributed by atoms with Crippen LogP contribution in [0.5, 0.6) is 0 Å². The second-order valence-electron chi connectivity index (χ2n) is 5.17. The quantitative estimate of drug-likeness (QED) is 0.755. The molecule has 6 heteroatoms. The van der Waals surface area contributed by atoms with Crippen molar-refractivity contribution in [3.63, 3.8) is 0 Å². The number of nitrogens with one attached hydrogen (secondary N) is 2. The van der Waals surface area contributed by atoms with Gasteiger partial charge in [0.15, 0.2) is 11.5 Å². The van der Waals surface area contributed by atoms with Crippen LogP contribution in [-0.4, -0.2) is 17.6 Å². The SMILES string of the molecule is Cc1nc2ccc(CCNC(=O)Nc3ccc(Cl)cc3)cc2o1. The van der Waals surface area contributed by atoms with Gasteiger partial charge in [-0.3, -0.25) is 0 Å². The maximum atomic E-state index is 11.8. The molecule has 0 aliphatic carbocycles. The molecular weight excluding hydrogens is 314 g/mol. The lowest BCUT2D eigenvalue weighted by atomic mass is 10.1. The van der Waals surface area contributed by atoms with Crippen molar-refractivity contribution >= 4 is 34.4 Å². The highest BCUT2D eigenvalue weighted by molar-refractivity contribution is 6.30. The lowest BCUT2D eigenvalue weighted by Gasteiger charge is -2.07. The number of halogens is 1. The van der Waals surface area contributed by atoms with Gasteiger partial charge in [0.2, 0.25) is 0 Å². The van der Waals surface area contributed by atoms with Crippen LogP contribution in [0.25, 0.3) is 11.1 Å². The number of carbonyl (C=O) groups excluding carboxylic acids is 1. The molecule has 118 valence electrons. The number of hydrogen-bond acceptors (Lipinski definition) is 3. The average Bonchev–Trinajstić information content (AvgIpc) is 2.89. The van der Waals surface area contributed by atoms with Crippen LogP contribution in [0.2, 0.25) is 5.02 Å². The Labute approximate surface area is 138 Å². The van der Waals surface area contributed by atoms with E-state index < -0.39 is 0 Å². The van der Waals surface area contributed by atoms with E-state index in [9.17, 15) is 4.79 Å². The predicted molar refractivity (Wildman–Crippen MR) is 90.9 cm³/mol. The van der Waals surface area contributed by atoms with Crippen molar-refractivity contribution in [1.29, 1.82) is 0 Å². The van der Waals surface area contributed by atoms with Crippen molar-refractivity contribution in [3.05, 3.63) is 58.9 Å². The molecule has 0 spiro atoms. The number of rotatable bonds is 4. The Morgan fingerprint density at radius 2 is 2.00 bits per heavy atom. The molecule has 23 heavy (non-hydrogen) atoms. The summed E-state index contributed by atoms with van der Waals surface area (Å²) in [6.45, 7) is 2.35. The van der Waals surface area contributed by atoms with Crippen LogP contribution in [0, 0.1) is 6.92 Å². The Morgan fingerprint density at radius 3 is 2.78 bits per heavy atom. The van der Waals surface area contributed by atoms with Crippen molar-refractivity contribution < 1.29 is 9.21 Å². The van der Waals surface area contributed by atoms with Crippen molar-refractivity contribution in [2.24, 2.45) is 0 Å².